The highest BCUT2D eigenvalue weighted by Crippen LogP contribution is 2.22. The molecule has 0 spiro atoms. The van der Waals surface area contributed by atoms with Gasteiger partial charge in [0.15, 0.2) is 5.78 Å². The zero-order chi connectivity index (χ0) is 14.4. The van der Waals surface area contributed by atoms with Crippen LogP contribution >= 0.6 is 0 Å². The molecule has 106 valence electrons. The first kappa shape index (κ1) is 15.7. The highest BCUT2D eigenvalue weighted by molar-refractivity contribution is 5.77. The van der Waals surface area contributed by atoms with E-state index in [2.05, 4.69) is 45.9 Å². The molecule has 0 saturated heterocycles. The number of ether oxygens (including phenoxy) is 1. The molecule has 0 heterocycles. The Hall–Kier alpha value is -1.31. The van der Waals surface area contributed by atoms with Crippen LogP contribution in [0.4, 0.5) is 0 Å². The summed E-state index contributed by atoms with van der Waals surface area (Å²) >= 11 is 0. The number of carbonyl (C=O) groups excluding carboxylic acids is 1. The number of Topliss-reactive ketones (excluding diaryl/α,β-unsaturated/α-hetero) is 1. The summed E-state index contributed by atoms with van der Waals surface area (Å²) in [5.41, 5.74) is 2.60. The summed E-state index contributed by atoms with van der Waals surface area (Å²) in [6.07, 6.45) is 2.09. The van der Waals surface area contributed by atoms with E-state index in [0.29, 0.717) is 11.8 Å². The molecule has 0 fully saturated rings. The van der Waals surface area contributed by atoms with Crippen molar-refractivity contribution in [3.8, 4) is 5.75 Å². The van der Waals surface area contributed by atoms with Gasteiger partial charge in [0, 0.05) is 0 Å². The van der Waals surface area contributed by atoms with Crippen LogP contribution in [0.3, 0.4) is 0 Å². The number of rotatable bonds is 7. The lowest BCUT2D eigenvalue weighted by Gasteiger charge is -2.13. The molecule has 0 atom stereocenters. The second kappa shape index (κ2) is 7.32. The third kappa shape index (κ3) is 6.42. The van der Waals surface area contributed by atoms with Crippen LogP contribution in [0, 0.1) is 11.8 Å². The van der Waals surface area contributed by atoms with Crippen molar-refractivity contribution >= 4 is 5.78 Å². The minimum absolute atomic E-state index is 0.0553. The molecule has 2 heteroatoms. The SMILES string of the molecule is CC(=O)COc1cc(CC(C)C)cc(CC(C)C)c1. The van der Waals surface area contributed by atoms with Gasteiger partial charge in [0.1, 0.15) is 12.4 Å². The number of hydrogen-bond acceptors (Lipinski definition) is 2. The van der Waals surface area contributed by atoms with Crippen molar-refractivity contribution in [1.29, 1.82) is 0 Å². The fourth-order valence-corrected chi connectivity index (χ4v) is 2.18. The minimum atomic E-state index is 0.0553. The molecular formula is C17H26O2. The van der Waals surface area contributed by atoms with Gasteiger partial charge in [0.2, 0.25) is 0 Å². The quantitative estimate of drug-likeness (QED) is 0.741. The van der Waals surface area contributed by atoms with Gasteiger partial charge in [-0.2, -0.15) is 0 Å². The van der Waals surface area contributed by atoms with Crippen LogP contribution in [-0.4, -0.2) is 12.4 Å². The molecule has 0 aliphatic carbocycles. The molecule has 0 bridgehead atoms. The second-order valence-corrected chi connectivity index (χ2v) is 6.17. The van der Waals surface area contributed by atoms with Gasteiger partial charge in [-0.15, -0.1) is 0 Å². The molecule has 0 aromatic heterocycles. The van der Waals surface area contributed by atoms with Gasteiger partial charge in [0.25, 0.3) is 0 Å². The second-order valence-electron chi connectivity index (χ2n) is 6.17. The smallest absolute Gasteiger partial charge is 0.167 e. The molecule has 0 aliphatic rings. The molecule has 19 heavy (non-hydrogen) atoms. The first-order valence-corrected chi connectivity index (χ1v) is 7.12. The van der Waals surface area contributed by atoms with Crippen LogP contribution in [0.2, 0.25) is 0 Å². The van der Waals surface area contributed by atoms with E-state index in [4.69, 9.17) is 4.74 Å². The fourth-order valence-electron chi connectivity index (χ4n) is 2.18. The summed E-state index contributed by atoms with van der Waals surface area (Å²) in [5.74, 6) is 2.12. The summed E-state index contributed by atoms with van der Waals surface area (Å²) in [6.45, 7) is 10.6. The van der Waals surface area contributed by atoms with E-state index in [1.165, 1.54) is 11.1 Å². The van der Waals surface area contributed by atoms with Gasteiger partial charge in [0.05, 0.1) is 0 Å². The maximum Gasteiger partial charge on any atom is 0.167 e. The summed E-state index contributed by atoms with van der Waals surface area (Å²) in [6, 6.07) is 6.39. The van der Waals surface area contributed by atoms with E-state index in [-0.39, 0.29) is 12.4 Å². The number of benzene rings is 1. The lowest BCUT2D eigenvalue weighted by atomic mass is 9.96. The molecule has 0 aliphatic heterocycles. The molecule has 1 aromatic rings. The monoisotopic (exact) mass is 262 g/mol. The zero-order valence-corrected chi connectivity index (χ0v) is 12.8. The van der Waals surface area contributed by atoms with Crippen LogP contribution < -0.4 is 4.74 Å². The molecule has 0 amide bonds. The molecule has 0 saturated carbocycles. The largest absolute Gasteiger partial charge is 0.486 e. The molecule has 0 N–H and O–H groups in total. The van der Waals surface area contributed by atoms with Crippen LogP contribution in [-0.2, 0) is 17.6 Å². The number of carbonyl (C=O) groups is 1. The summed E-state index contributed by atoms with van der Waals surface area (Å²) in [5, 5.41) is 0. The van der Waals surface area contributed by atoms with Gasteiger partial charge in [-0.1, -0.05) is 33.8 Å². The first-order valence-electron chi connectivity index (χ1n) is 7.12. The highest BCUT2D eigenvalue weighted by Gasteiger charge is 2.07. The fraction of sp³-hybridized carbons (Fsp3) is 0.588. The predicted molar refractivity (Wildman–Crippen MR) is 79.7 cm³/mol. The summed E-state index contributed by atoms with van der Waals surface area (Å²) in [7, 11) is 0. The lowest BCUT2D eigenvalue weighted by Crippen LogP contribution is -2.08. The Labute approximate surface area is 117 Å². The molecule has 1 aromatic carbocycles. The maximum absolute atomic E-state index is 11.0. The zero-order valence-electron chi connectivity index (χ0n) is 12.8. The normalized spacial score (nSPS) is 11.1. The van der Waals surface area contributed by atoms with Crippen molar-refractivity contribution in [3.05, 3.63) is 29.3 Å². The third-order valence-corrected chi connectivity index (χ3v) is 2.76. The van der Waals surface area contributed by atoms with Crippen molar-refractivity contribution in [2.24, 2.45) is 11.8 Å². The Kier molecular flexibility index (Phi) is 6.07. The van der Waals surface area contributed by atoms with E-state index >= 15 is 0 Å². The third-order valence-electron chi connectivity index (χ3n) is 2.76. The average Bonchev–Trinajstić information content (AvgIpc) is 2.24. The van der Waals surface area contributed by atoms with Gasteiger partial charge in [-0.25, -0.2) is 0 Å². The van der Waals surface area contributed by atoms with Crippen molar-refractivity contribution in [3.63, 3.8) is 0 Å². The number of hydrogen-bond donors (Lipinski definition) is 0. The number of ketones is 1. The Morgan fingerprint density at radius 2 is 1.47 bits per heavy atom. The molecule has 0 unspecified atom stereocenters. The predicted octanol–water partition coefficient (Wildman–Crippen LogP) is 4.05. The van der Waals surface area contributed by atoms with Crippen LogP contribution in [0.1, 0.15) is 45.7 Å². The first-order chi connectivity index (χ1) is 8.86. The Balaban J connectivity index is 2.91. The van der Waals surface area contributed by atoms with Crippen LogP contribution in [0.25, 0.3) is 0 Å². The van der Waals surface area contributed by atoms with E-state index in [9.17, 15) is 4.79 Å². The van der Waals surface area contributed by atoms with Crippen molar-refractivity contribution in [2.45, 2.75) is 47.5 Å². The Bertz CT molecular complexity index is 391. The molecule has 0 radical (unpaired) electrons. The van der Waals surface area contributed by atoms with Crippen molar-refractivity contribution in [1.82, 2.24) is 0 Å². The van der Waals surface area contributed by atoms with Crippen LogP contribution in [0.15, 0.2) is 18.2 Å². The molecule has 2 nitrogen and oxygen atoms in total. The lowest BCUT2D eigenvalue weighted by molar-refractivity contribution is -0.118. The Morgan fingerprint density at radius 1 is 1.00 bits per heavy atom. The van der Waals surface area contributed by atoms with E-state index in [1.807, 2.05) is 0 Å². The molecule has 1 rings (SSSR count). The van der Waals surface area contributed by atoms with Gasteiger partial charge < -0.3 is 4.74 Å². The van der Waals surface area contributed by atoms with E-state index < -0.39 is 0 Å². The summed E-state index contributed by atoms with van der Waals surface area (Å²) < 4.78 is 5.56. The van der Waals surface area contributed by atoms with E-state index in [1.54, 1.807) is 6.92 Å². The van der Waals surface area contributed by atoms with E-state index in [0.717, 1.165) is 18.6 Å². The average molecular weight is 262 g/mol. The van der Waals surface area contributed by atoms with Crippen molar-refractivity contribution in [2.75, 3.05) is 6.61 Å². The van der Waals surface area contributed by atoms with Crippen molar-refractivity contribution < 1.29 is 9.53 Å². The highest BCUT2D eigenvalue weighted by atomic mass is 16.5. The minimum Gasteiger partial charge on any atom is -0.486 e. The summed E-state index contributed by atoms with van der Waals surface area (Å²) in [4.78, 5) is 11.0. The van der Waals surface area contributed by atoms with Crippen LogP contribution in [0.5, 0.6) is 5.75 Å². The molecular weight excluding hydrogens is 236 g/mol. The Morgan fingerprint density at radius 3 is 1.84 bits per heavy atom. The topological polar surface area (TPSA) is 26.3 Å². The standard InChI is InChI=1S/C17H26O2/c1-12(2)6-15-8-16(7-13(3)4)10-17(9-15)19-11-14(5)18/h8-10,12-13H,6-7,11H2,1-5H3. The maximum atomic E-state index is 11.0. The van der Waals surface area contributed by atoms with Gasteiger partial charge in [-0.05, 0) is 54.9 Å². The van der Waals surface area contributed by atoms with Gasteiger partial charge >= 0.3 is 0 Å². The van der Waals surface area contributed by atoms with Gasteiger partial charge in [-0.3, -0.25) is 4.79 Å².